The monoisotopic (exact) mass is 276 g/mol. The molecular weight excluding hydrogens is 264 g/mol. The summed E-state index contributed by atoms with van der Waals surface area (Å²) in [6.45, 7) is 0. The molecule has 0 radical (unpaired) electrons. The minimum Gasteiger partial charge on any atom is -0.495 e. The fraction of sp³-hybridized carbons (Fsp3) is 0.167. The van der Waals surface area contributed by atoms with Crippen LogP contribution in [0.25, 0.3) is 0 Å². The Morgan fingerprint density at radius 2 is 2.15 bits per heavy atom. The number of para-hydroxylation sites is 2. The van der Waals surface area contributed by atoms with Crippen LogP contribution in [-0.2, 0) is 7.05 Å². The average Bonchev–Trinajstić information content (AvgIpc) is 2.82. The van der Waals surface area contributed by atoms with E-state index in [2.05, 4.69) is 10.4 Å². The van der Waals surface area contributed by atoms with Crippen molar-refractivity contribution in [3.05, 3.63) is 46.1 Å². The van der Waals surface area contributed by atoms with Crippen LogP contribution in [0.2, 0.25) is 0 Å². The molecule has 0 atom stereocenters. The molecule has 104 valence electrons. The standard InChI is InChI=1S/C12H12N4O4/c1-15-7-8(11(14-15)16(18)19)12(17)13-9-5-3-4-6-10(9)20-2/h3-7H,1-2H3,(H,13,17). The molecule has 0 aliphatic heterocycles. The number of hydrogen-bond donors (Lipinski definition) is 1. The predicted octanol–water partition coefficient (Wildman–Crippen LogP) is 1.59. The lowest BCUT2D eigenvalue weighted by Crippen LogP contribution is -2.13. The van der Waals surface area contributed by atoms with Gasteiger partial charge in [0.05, 0.1) is 31.1 Å². The van der Waals surface area contributed by atoms with Gasteiger partial charge in [-0.1, -0.05) is 12.1 Å². The van der Waals surface area contributed by atoms with Crippen molar-refractivity contribution in [2.45, 2.75) is 0 Å². The number of carbonyl (C=O) groups is 1. The maximum absolute atomic E-state index is 12.1. The van der Waals surface area contributed by atoms with Gasteiger partial charge in [-0.3, -0.25) is 4.79 Å². The van der Waals surface area contributed by atoms with Crippen LogP contribution in [0.15, 0.2) is 30.5 Å². The van der Waals surface area contributed by atoms with Gasteiger partial charge in [-0.15, -0.1) is 0 Å². The first-order valence-electron chi connectivity index (χ1n) is 5.65. The summed E-state index contributed by atoms with van der Waals surface area (Å²) in [5.41, 5.74) is 0.321. The van der Waals surface area contributed by atoms with Gasteiger partial charge in [-0.2, -0.15) is 4.68 Å². The van der Waals surface area contributed by atoms with E-state index in [4.69, 9.17) is 4.74 Å². The van der Waals surface area contributed by atoms with Gasteiger partial charge in [-0.05, 0) is 17.1 Å². The summed E-state index contributed by atoms with van der Waals surface area (Å²) in [7, 11) is 2.98. The smallest absolute Gasteiger partial charge is 0.402 e. The van der Waals surface area contributed by atoms with E-state index in [0.29, 0.717) is 11.4 Å². The van der Waals surface area contributed by atoms with E-state index in [9.17, 15) is 14.9 Å². The number of nitrogens with zero attached hydrogens (tertiary/aromatic N) is 3. The third-order valence-electron chi connectivity index (χ3n) is 2.58. The number of rotatable bonds is 4. The molecule has 2 aromatic rings. The van der Waals surface area contributed by atoms with Crippen molar-refractivity contribution in [1.82, 2.24) is 9.78 Å². The molecule has 0 unspecified atom stereocenters. The highest BCUT2D eigenvalue weighted by atomic mass is 16.6. The first kappa shape index (κ1) is 13.5. The lowest BCUT2D eigenvalue weighted by atomic mass is 10.2. The van der Waals surface area contributed by atoms with Crippen LogP contribution in [0, 0.1) is 10.1 Å². The zero-order valence-electron chi connectivity index (χ0n) is 10.9. The van der Waals surface area contributed by atoms with Gasteiger partial charge in [0.15, 0.2) is 5.56 Å². The van der Waals surface area contributed by atoms with Crippen molar-refractivity contribution in [3.8, 4) is 5.75 Å². The van der Waals surface area contributed by atoms with Gasteiger partial charge in [0.25, 0.3) is 5.91 Å². The number of benzene rings is 1. The van der Waals surface area contributed by atoms with Crippen LogP contribution >= 0.6 is 0 Å². The lowest BCUT2D eigenvalue weighted by molar-refractivity contribution is -0.390. The van der Waals surface area contributed by atoms with Crippen LogP contribution in [0.3, 0.4) is 0 Å². The number of nitro groups is 1. The maximum Gasteiger partial charge on any atom is 0.402 e. The molecule has 1 heterocycles. The minimum absolute atomic E-state index is 0.108. The Balaban J connectivity index is 2.31. The Labute approximate surface area is 114 Å². The van der Waals surface area contributed by atoms with Crippen molar-refractivity contribution in [3.63, 3.8) is 0 Å². The van der Waals surface area contributed by atoms with Gasteiger partial charge >= 0.3 is 5.82 Å². The summed E-state index contributed by atoms with van der Waals surface area (Å²) in [4.78, 5) is 22.2. The Morgan fingerprint density at radius 1 is 1.45 bits per heavy atom. The van der Waals surface area contributed by atoms with Gasteiger partial charge < -0.3 is 20.2 Å². The van der Waals surface area contributed by atoms with Crippen molar-refractivity contribution in [1.29, 1.82) is 0 Å². The van der Waals surface area contributed by atoms with E-state index in [-0.39, 0.29) is 5.56 Å². The molecular formula is C12H12N4O4. The molecule has 2 rings (SSSR count). The first-order valence-corrected chi connectivity index (χ1v) is 5.65. The van der Waals surface area contributed by atoms with E-state index in [1.54, 1.807) is 24.3 Å². The van der Waals surface area contributed by atoms with Crippen LogP contribution in [0.1, 0.15) is 10.4 Å². The van der Waals surface area contributed by atoms with Crippen molar-refractivity contribution in [2.24, 2.45) is 7.05 Å². The number of carbonyl (C=O) groups excluding carboxylic acids is 1. The molecule has 0 saturated heterocycles. The van der Waals surface area contributed by atoms with Crippen LogP contribution in [0.5, 0.6) is 5.75 Å². The molecule has 1 N–H and O–H groups in total. The Bertz CT molecular complexity index is 665. The van der Waals surface area contributed by atoms with E-state index in [1.807, 2.05) is 0 Å². The molecule has 0 saturated carbocycles. The van der Waals surface area contributed by atoms with E-state index >= 15 is 0 Å². The Morgan fingerprint density at radius 3 is 2.80 bits per heavy atom. The topological polar surface area (TPSA) is 99.3 Å². The van der Waals surface area contributed by atoms with Crippen molar-refractivity contribution < 1.29 is 14.5 Å². The SMILES string of the molecule is COc1ccccc1NC(=O)c1cn(C)nc1[N+](=O)[O-]. The van der Waals surface area contributed by atoms with Gasteiger partial charge in [0.2, 0.25) is 0 Å². The van der Waals surface area contributed by atoms with E-state index in [1.165, 1.54) is 25.0 Å². The largest absolute Gasteiger partial charge is 0.495 e. The molecule has 0 aliphatic carbocycles. The molecule has 8 nitrogen and oxygen atoms in total. The van der Waals surface area contributed by atoms with Gasteiger partial charge in [-0.25, -0.2) is 0 Å². The van der Waals surface area contributed by atoms with Crippen LogP contribution < -0.4 is 10.1 Å². The minimum atomic E-state index is -0.697. The molecule has 1 amide bonds. The van der Waals surface area contributed by atoms with Crippen molar-refractivity contribution in [2.75, 3.05) is 12.4 Å². The number of nitrogens with one attached hydrogen (secondary N) is 1. The second-order valence-corrected chi connectivity index (χ2v) is 3.95. The summed E-state index contributed by atoms with van der Waals surface area (Å²) < 4.78 is 6.31. The summed E-state index contributed by atoms with van der Waals surface area (Å²) in [5, 5.41) is 17.0. The summed E-state index contributed by atoms with van der Waals surface area (Å²) >= 11 is 0. The Kier molecular flexibility index (Phi) is 3.65. The van der Waals surface area contributed by atoms with Crippen LogP contribution in [0.4, 0.5) is 11.5 Å². The highest BCUT2D eigenvalue weighted by Crippen LogP contribution is 2.25. The van der Waals surface area contributed by atoms with Gasteiger partial charge in [0, 0.05) is 0 Å². The fourth-order valence-electron chi connectivity index (χ4n) is 1.71. The average molecular weight is 276 g/mol. The Hall–Kier alpha value is -2.90. The number of hydrogen-bond acceptors (Lipinski definition) is 5. The summed E-state index contributed by atoms with van der Waals surface area (Å²) in [6, 6.07) is 6.78. The second-order valence-electron chi connectivity index (χ2n) is 3.95. The van der Waals surface area contributed by atoms with E-state index in [0.717, 1.165) is 0 Å². The number of ether oxygens (including phenoxy) is 1. The van der Waals surface area contributed by atoms with E-state index < -0.39 is 16.6 Å². The predicted molar refractivity (Wildman–Crippen MR) is 70.8 cm³/mol. The highest BCUT2D eigenvalue weighted by Gasteiger charge is 2.25. The number of amides is 1. The lowest BCUT2D eigenvalue weighted by Gasteiger charge is -2.08. The fourth-order valence-corrected chi connectivity index (χ4v) is 1.71. The number of aromatic nitrogens is 2. The molecule has 0 aliphatic rings. The molecule has 1 aromatic heterocycles. The zero-order chi connectivity index (χ0) is 14.7. The molecule has 0 fully saturated rings. The molecule has 20 heavy (non-hydrogen) atoms. The second kappa shape index (κ2) is 5.39. The molecule has 8 heteroatoms. The summed E-state index contributed by atoms with van der Waals surface area (Å²) in [5.74, 6) is -0.637. The molecule has 0 bridgehead atoms. The third-order valence-corrected chi connectivity index (χ3v) is 2.58. The number of methoxy groups -OCH3 is 1. The normalized spacial score (nSPS) is 10.1. The highest BCUT2D eigenvalue weighted by molar-refractivity contribution is 6.07. The first-order chi connectivity index (χ1) is 9.52. The van der Waals surface area contributed by atoms with Crippen LogP contribution in [-0.4, -0.2) is 27.7 Å². The van der Waals surface area contributed by atoms with Gasteiger partial charge in [0.1, 0.15) is 5.75 Å². The molecule has 0 spiro atoms. The molecule has 1 aromatic carbocycles. The van der Waals surface area contributed by atoms with Crippen molar-refractivity contribution >= 4 is 17.4 Å². The third kappa shape index (κ3) is 2.58. The quantitative estimate of drug-likeness (QED) is 0.675. The zero-order valence-corrected chi connectivity index (χ0v) is 10.9. The summed E-state index contributed by atoms with van der Waals surface area (Å²) in [6.07, 6.45) is 1.29. The number of aryl methyl sites for hydroxylation is 1. The number of anilines is 1. The maximum atomic E-state index is 12.1.